The maximum absolute atomic E-state index is 13.2. The van der Waals surface area contributed by atoms with Gasteiger partial charge in [-0.3, -0.25) is 14.4 Å². The molecular formula is C24H25F3N4O. The molecule has 0 spiro atoms. The van der Waals surface area contributed by atoms with Gasteiger partial charge in [-0.25, -0.2) is 0 Å². The number of carbonyl (C=O) groups excluding carboxylic acids is 1. The van der Waals surface area contributed by atoms with Crippen LogP contribution in [0, 0.1) is 0 Å². The maximum atomic E-state index is 13.2. The molecule has 1 saturated heterocycles. The van der Waals surface area contributed by atoms with Crippen LogP contribution < -0.4 is 5.32 Å². The molecule has 1 fully saturated rings. The van der Waals surface area contributed by atoms with E-state index >= 15 is 0 Å². The molecule has 0 unspecified atom stereocenters. The second kappa shape index (κ2) is 9.16. The third kappa shape index (κ3) is 5.02. The number of benzene rings is 2. The van der Waals surface area contributed by atoms with Gasteiger partial charge in [0.05, 0.1) is 5.56 Å². The summed E-state index contributed by atoms with van der Waals surface area (Å²) in [5.74, 6) is -0.804. The lowest BCUT2D eigenvalue weighted by Crippen LogP contribution is -2.25. The maximum Gasteiger partial charge on any atom is 0.435 e. The van der Waals surface area contributed by atoms with Crippen LogP contribution in [0.15, 0.2) is 54.7 Å². The first-order valence-corrected chi connectivity index (χ1v) is 10.6. The van der Waals surface area contributed by atoms with Crippen molar-refractivity contribution in [3.8, 4) is 11.1 Å². The zero-order valence-electron chi connectivity index (χ0n) is 17.8. The average molecular weight is 442 g/mol. The summed E-state index contributed by atoms with van der Waals surface area (Å²) in [6.07, 6.45) is -1.10. The SMILES string of the molecule is Cn1cc(C(=O)NCc2ccccc2-c2ccc(CN3CCCC3)cc2)c(C(F)(F)F)n1. The molecule has 0 radical (unpaired) electrons. The number of nitrogens with zero attached hydrogens (tertiary/aromatic N) is 3. The fraction of sp³-hybridized carbons (Fsp3) is 0.333. The molecule has 32 heavy (non-hydrogen) atoms. The van der Waals surface area contributed by atoms with Crippen molar-refractivity contribution in [3.63, 3.8) is 0 Å². The van der Waals surface area contributed by atoms with Crippen LogP contribution in [0.4, 0.5) is 13.2 Å². The monoisotopic (exact) mass is 442 g/mol. The Morgan fingerprint density at radius 3 is 2.44 bits per heavy atom. The summed E-state index contributed by atoms with van der Waals surface area (Å²) in [5.41, 5.74) is 2.34. The highest BCUT2D eigenvalue weighted by atomic mass is 19.4. The van der Waals surface area contributed by atoms with Crippen molar-refractivity contribution in [1.82, 2.24) is 20.0 Å². The Labute approximate surface area is 184 Å². The molecule has 0 atom stereocenters. The minimum atomic E-state index is -4.69. The highest BCUT2D eigenvalue weighted by Crippen LogP contribution is 2.31. The Balaban J connectivity index is 1.48. The van der Waals surface area contributed by atoms with Crippen LogP contribution in [0.5, 0.6) is 0 Å². The number of nitrogens with one attached hydrogen (secondary N) is 1. The summed E-state index contributed by atoms with van der Waals surface area (Å²) in [7, 11) is 1.36. The molecule has 1 aliphatic heterocycles. The van der Waals surface area contributed by atoms with Crippen LogP contribution >= 0.6 is 0 Å². The second-order valence-corrected chi connectivity index (χ2v) is 8.08. The van der Waals surface area contributed by atoms with Crippen molar-refractivity contribution in [2.75, 3.05) is 13.1 Å². The number of likely N-dealkylation sites (tertiary alicyclic amines) is 1. The van der Waals surface area contributed by atoms with Crippen molar-refractivity contribution in [2.45, 2.75) is 32.1 Å². The minimum absolute atomic E-state index is 0.108. The Morgan fingerprint density at radius 2 is 1.75 bits per heavy atom. The molecule has 1 N–H and O–H groups in total. The molecule has 1 aromatic heterocycles. The summed E-state index contributed by atoms with van der Waals surface area (Å²) in [6.45, 7) is 3.32. The Kier molecular flexibility index (Phi) is 6.32. The van der Waals surface area contributed by atoms with Gasteiger partial charge in [-0.05, 0) is 48.2 Å². The van der Waals surface area contributed by atoms with Crippen molar-refractivity contribution in [2.24, 2.45) is 7.05 Å². The standard InChI is InChI=1S/C24H25F3N4O/c1-30-16-21(22(29-30)24(25,26)27)23(32)28-14-19-6-2-3-7-20(19)18-10-8-17(9-11-18)15-31-12-4-5-13-31/h2-3,6-11,16H,4-5,12-15H2,1H3,(H,28,32). The van der Waals surface area contributed by atoms with E-state index in [1.54, 1.807) is 0 Å². The molecule has 0 saturated carbocycles. The fourth-order valence-corrected chi connectivity index (χ4v) is 4.08. The summed E-state index contributed by atoms with van der Waals surface area (Å²) < 4.78 is 40.5. The predicted molar refractivity (Wildman–Crippen MR) is 116 cm³/mol. The summed E-state index contributed by atoms with van der Waals surface area (Å²) in [4.78, 5) is 14.9. The molecule has 1 amide bonds. The van der Waals surface area contributed by atoms with Crippen LogP contribution in [-0.2, 0) is 26.3 Å². The molecule has 0 bridgehead atoms. The number of alkyl halides is 3. The molecular weight excluding hydrogens is 417 g/mol. The molecule has 5 nitrogen and oxygen atoms in total. The van der Waals surface area contributed by atoms with Crippen LogP contribution in [0.25, 0.3) is 11.1 Å². The van der Waals surface area contributed by atoms with Gasteiger partial charge in [-0.15, -0.1) is 0 Å². The van der Waals surface area contributed by atoms with E-state index in [4.69, 9.17) is 0 Å². The van der Waals surface area contributed by atoms with E-state index < -0.39 is 23.3 Å². The van der Waals surface area contributed by atoms with Crippen molar-refractivity contribution in [3.05, 3.63) is 77.1 Å². The van der Waals surface area contributed by atoms with E-state index in [0.717, 1.165) is 47.2 Å². The molecule has 3 aromatic rings. The molecule has 8 heteroatoms. The van der Waals surface area contributed by atoms with Gasteiger partial charge in [0.25, 0.3) is 5.91 Å². The highest BCUT2D eigenvalue weighted by Gasteiger charge is 2.38. The summed E-state index contributed by atoms with van der Waals surface area (Å²) in [6, 6.07) is 15.9. The van der Waals surface area contributed by atoms with Crippen molar-refractivity contribution in [1.29, 1.82) is 0 Å². The average Bonchev–Trinajstić information content (AvgIpc) is 3.42. The highest BCUT2D eigenvalue weighted by molar-refractivity contribution is 5.95. The minimum Gasteiger partial charge on any atom is -0.348 e. The zero-order valence-corrected chi connectivity index (χ0v) is 17.8. The number of carbonyl (C=O) groups is 1. The van der Waals surface area contributed by atoms with E-state index in [2.05, 4.69) is 39.6 Å². The van der Waals surface area contributed by atoms with Crippen molar-refractivity contribution < 1.29 is 18.0 Å². The van der Waals surface area contributed by atoms with Gasteiger partial charge in [-0.1, -0.05) is 48.5 Å². The van der Waals surface area contributed by atoms with Gasteiger partial charge in [0.15, 0.2) is 5.69 Å². The third-order valence-electron chi connectivity index (χ3n) is 5.67. The van der Waals surface area contributed by atoms with Crippen molar-refractivity contribution >= 4 is 5.91 Å². The second-order valence-electron chi connectivity index (χ2n) is 8.08. The third-order valence-corrected chi connectivity index (χ3v) is 5.67. The Bertz CT molecular complexity index is 1080. The number of hydrogen-bond acceptors (Lipinski definition) is 3. The summed E-state index contributed by atoms with van der Waals surface area (Å²) >= 11 is 0. The largest absolute Gasteiger partial charge is 0.435 e. The van der Waals surface area contributed by atoms with Gasteiger partial charge in [0, 0.05) is 26.3 Å². The van der Waals surface area contributed by atoms with Crippen LogP contribution in [-0.4, -0.2) is 33.7 Å². The fourth-order valence-electron chi connectivity index (χ4n) is 4.08. The normalized spacial score (nSPS) is 14.6. The molecule has 168 valence electrons. The smallest absolute Gasteiger partial charge is 0.348 e. The van der Waals surface area contributed by atoms with Gasteiger partial charge in [0.2, 0.25) is 0 Å². The number of aromatic nitrogens is 2. The number of hydrogen-bond donors (Lipinski definition) is 1. The quantitative estimate of drug-likeness (QED) is 0.606. The number of halogens is 3. The Hall–Kier alpha value is -3.13. The predicted octanol–water partition coefficient (Wildman–Crippen LogP) is 4.63. The zero-order chi connectivity index (χ0) is 22.7. The topological polar surface area (TPSA) is 50.2 Å². The first-order valence-electron chi connectivity index (χ1n) is 10.6. The van der Waals surface area contributed by atoms with Gasteiger partial charge >= 0.3 is 6.18 Å². The lowest BCUT2D eigenvalue weighted by molar-refractivity contribution is -0.141. The summed E-state index contributed by atoms with van der Waals surface area (Å²) in [5, 5.41) is 6.01. The first kappa shape index (κ1) is 22.1. The van der Waals surface area contributed by atoms with Gasteiger partial charge in [0.1, 0.15) is 0 Å². The Morgan fingerprint density at radius 1 is 1.06 bits per heavy atom. The van der Waals surface area contributed by atoms with E-state index in [1.807, 2.05) is 24.3 Å². The first-order chi connectivity index (χ1) is 15.3. The van der Waals surface area contributed by atoms with E-state index in [9.17, 15) is 18.0 Å². The number of aryl methyl sites for hydroxylation is 1. The van der Waals surface area contributed by atoms with E-state index in [0.29, 0.717) is 0 Å². The van der Waals surface area contributed by atoms with E-state index in [-0.39, 0.29) is 6.54 Å². The molecule has 2 heterocycles. The lowest BCUT2D eigenvalue weighted by Gasteiger charge is -2.15. The van der Waals surface area contributed by atoms with E-state index in [1.165, 1.54) is 25.5 Å². The molecule has 2 aromatic carbocycles. The van der Waals surface area contributed by atoms with Gasteiger partial charge in [-0.2, -0.15) is 18.3 Å². The lowest BCUT2D eigenvalue weighted by atomic mass is 9.98. The molecule has 0 aliphatic carbocycles. The van der Waals surface area contributed by atoms with Crippen LogP contribution in [0.3, 0.4) is 0 Å². The number of rotatable bonds is 6. The molecule has 1 aliphatic rings. The molecule has 4 rings (SSSR count). The number of amides is 1. The van der Waals surface area contributed by atoms with Crippen LogP contribution in [0.2, 0.25) is 0 Å². The van der Waals surface area contributed by atoms with Gasteiger partial charge < -0.3 is 5.32 Å². The van der Waals surface area contributed by atoms with Crippen LogP contribution in [0.1, 0.15) is 40.0 Å².